The van der Waals surface area contributed by atoms with Gasteiger partial charge in [-0.1, -0.05) is 13.8 Å². The Hall–Kier alpha value is -1.45. The Labute approximate surface area is 102 Å². The number of pyridine rings is 1. The van der Waals surface area contributed by atoms with Crippen LogP contribution in [0.3, 0.4) is 0 Å². The lowest BCUT2D eigenvalue weighted by Gasteiger charge is -2.18. The quantitative estimate of drug-likeness (QED) is 0.809. The molecule has 5 nitrogen and oxygen atoms in total. The molecule has 1 aromatic heterocycles. The maximum Gasteiger partial charge on any atom is 0.244 e. The molecule has 0 N–H and O–H groups in total. The molecule has 0 amide bonds. The lowest BCUT2D eigenvalue weighted by molar-refractivity contribution is 0.417. The van der Waals surface area contributed by atoms with Crippen LogP contribution in [0.4, 0.5) is 0 Å². The van der Waals surface area contributed by atoms with Crippen molar-refractivity contribution >= 4 is 10.0 Å². The van der Waals surface area contributed by atoms with Crippen molar-refractivity contribution in [3.8, 4) is 6.07 Å². The third kappa shape index (κ3) is 3.25. The molecular weight excluding hydrogens is 238 g/mol. The van der Waals surface area contributed by atoms with E-state index in [1.165, 1.54) is 29.7 Å². The fourth-order valence-corrected chi connectivity index (χ4v) is 2.67. The second-order valence-electron chi connectivity index (χ2n) is 4.17. The van der Waals surface area contributed by atoms with Crippen molar-refractivity contribution in [2.45, 2.75) is 18.7 Å². The summed E-state index contributed by atoms with van der Waals surface area (Å²) >= 11 is 0. The average molecular weight is 253 g/mol. The zero-order valence-electron chi connectivity index (χ0n) is 10.1. The zero-order valence-corrected chi connectivity index (χ0v) is 10.9. The molecular formula is C11H15N3O2S. The SMILES string of the molecule is CC(C)CN(C)S(=O)(=O)c1ccc(C#N)nc1. The second-order valence-corrected chi connectivity index (χ2v) is 6.22. The van der Waals surface area contributed by atoms with Gasteiger partial charge in [0.25, 0.3) is 0 Å². The van der Waals surface area contributed by atoms with Crippen molar-refractivity contribution in [1.82, 2.24) is 9.29 Å². The van der Waals surface area contributed by atoms with Crippen LogP contribution in [0.5, 0.6) is 0 Å². The highest BCUT2D eigenvalue weighted by molar-refractivity contribution is 7.89. The number of hydrogen-bond donors (Lipinski definition) is 0. The zero-order chi connectivity index (χ0) is 13.1. The van der Waals surface area contributed by atoms with E-state index >= 15 is 0 Å². The first kappa shape index (κ1) is 13.6. The molecule has 0 atom stereocenters. The van der Waals surface area contributed by atoms with Crippen molar-refractivity contribution in [2.24, 2.45) is 5.92 Å². The van der Waals surface area contributed by atoms with Gasteiger partial charge in [-0.3, -0.25) is 0 Å². The summed E-state index contributed by atoms with van der Waals surface area (Å²) in [6.45, 7) is 4.34. The van der Waals surface area contributed by atoms with Crippen LogP contribution < -0.4 is 0 Å². The minimum Gasteiger partial charge on any atom is -0.244 e. The number of nitriles is 1. The van der Waals surface area contributed by atoms with Gasteiger partial charge in [0.15, 0.2) is 0 Å². The predicted octanol–water partition coefficient (Wildman–Crippen LogP) is 1.23. The molecule has 1 aromatic rings. The van der Waals surface area contributed by atoms with Gasteiger partial charge in [0.1, 0.15) is 16.7 Å². The summed E-state index contributed by atoms with van der Waals surface area (Å²) in [4.78, 5) is 3.87. The van der Waals surface area contributed by atoms with Crippen LogP contribution in [-0.2, 0) is 10.0 Å². The first-order valence-electron chi connectivity index (χ1n) is 5.20. The van der Waals surface area contributed by atoms with Crippen LogP contribution in [0.15, 0.2) is 23.2 Å². The molecule has 1 rings (SSSR count). The van der Waals surface area contributed by atoms with Gasteiger partial charge in [-0.25, -0.2) is 17.7 Å². The number of hydrogen-bond acceptors (Lipinski definition) is 4. The Kier molecular flexibility index (Phi) is 4.21. The molecule has 17 heavy (non-hydrogen) atoms. The molecule has 6 heteroatoms. The smallest absolute Gasteiger partial charge is 0.244 e. The van der Waals surface area contributed by atoms with Crippen molar-refractivity contribution in [1.29, 1.82) is 5.26 Å². The standard InChI is InChI=1S/C11H15N3O2S/c1-9(2)8-14(3)17(15,16)11-5-4-10(6-12)13-7-11/h4-5,7,9H,8H2,1-3H3. The molecule has 0 unspecified atom stereocenters. The summed E-state index contributed by atoms with van der Waals surface area (Å²) < 4.78 is 25.4. The Morgan fingerprint density at radius 1 is 1.47 bits per heavy atom. The summed E-state index contributed by atoms with van der Waals surface area (Å²) in [5, 5.41) is 8.59. The summed E-state index contributed by atoms with van der Waals surface area (Å²) in [5.74, 6) is 0.251. The first-order valence-corrected chi connectivity index (χ1v) is 6.64. The predicted molar refractivity (Wildman–Crippen MR) is 63.6 cm³/mol. The number of nitrogens with zero attached hydrogens (tertiary/aromatic N) is 3. The summed E-state index contributed by atoms with van der Waals surface area (Å²) in [6, 6.07) is 4.65. The van der Waals surface area contributed by atoms with E-state index in [4.69, 9.17) is 5.26 Å². The molecule has 0 saturated carbocycles. The Morgan fingerprint density at radius 3 is 2.53 bits per heavy atom. The molecule has 0 aliphatic carbocycles. The maximum atomic E-state index is 12.1. The van der Waals surface area contributed by atoms with E-state index in [0.29, 0.717) is 6.54 Å². The Bertz CT molecular complexity index is 515. The minimum atomic E-state index is -3.50. The molecule has 0 fully saturated rings. The van der Waals surface area contributed by atoms with Gasteiger partial charge in [-0.05, 0) is 18.1 Å². The Balaban J connectivity index is 3.01. The van der Waals surface area contributed by atoms with Gasteiger partial charge >= 0.3 is 0 Å². The number of sulfonamides is 1. The van der Waals surface area contributed by atoms with E-state index in [0.717, 1.165) is 0 Å². The highest BCUT2D eigenvalue weighted by atomic mass is 32.2. The molecule has 0 bridgehead atoms. The molecule has 0 radical (unpaired) electrons. The van der Waals surface area contributed by atoms with Crippen molar-refractivity contribution in [3.63, 3.8) is 0 Å². The summed E-state index contributed by atoms with van der Waals surface area (Å²) in [6.07, 6.45) is 1.21. The first-order chi connectivity index (χ1) is 7.87. The van der Waals surface area contributed by atoms with E-state index in [-0.39, 0.29) is 16.5 Å². The van der Waals surface area contributed by atoms with Gasteiger partial charge in [0.2, 0.25) is 10.0 Å². The minimum absolute atomic E-state index is 0.111. The maximum absolute atomic E-state index is 12.1. The van der Waals surface area contributed by atoms with Gasteiger partial charge < -0.3 is 0 Å². The van der Waals surface area contributed by atoms with E-state index in [9.17, 15) is 8.42 Å². The fraction of sp³-hybridized carbons (Fsp3) is 0.455. The van der Waals surface area contributed by atoms with Crippen molar-refractivity contribution < 1.29 is 8.42 Å². The summed E-state index contributed by atoms with van der Waals surface area (Å²) in [7, 11) is -1.96. The van der Waals surface area contributed by atoms with Crippen molar-refractivity contribution in [3.05, 3.63) is 24.0 Å². The molecule has 92 valence electrons. The lowest BCUT2D eigenvalue weighted by atomic mass is 10.2. The monoisotopic (exact) mass is 253 g/mol. The van der Waals surface area contributed by atoms with E-state index < -0.39 is 10.0 Å². The van der Waals surface area contributed by atoms with Crippen LogP contribution in [0.1, 0.15) is 19.5 Å². The third-order valence-electron chi connectivity index (χ3n) is 2.18. The van der Waals surface area contributed by atoms with Gasteiger partial charge in [0, 0.05) is 19.8 Å². The highest BCUT2D eigenvalue weighted by Gasteiger charge is 2.21. The molecule has 0 saturated heterocycles. The largest absolute Gasteiger partial charge is 0.244 e. The molecule has 1 heterocycles. The van der Waals surface area contributed by atoms with Gasteiger partial charge in [0.05, 0.1) is 0 Å². The van der Waals surface area contributed by atoms with E-state index in [2.05, 4.69) is 4.98 Å². The van der Waals surface area contributed by atoms with E-state index in [1.807, 2.05) is 19.9 Å². The molecule has 0 spiro atoms. The highest BCUT2D eigenvalue weighted by Crippen LogP contribution is 2.14. The molecule has 0 aromatic carbocycles. The van der Waals surface area contributed by atoms with Crippen molar-refractivity contribution in [2.75, 3.05) is 13.6 Å². The normalized spacial score (nSPS) is 11.8. The molecule has 0 aliphatic heterocycles. The van der Waals surface area contributed by atoms with Crippen LogP contribution >= 0.6 is 0 Å². The number of rotatable bonds is 4. The third-order valence-corrected chi connectivity index (χ3v) is 3.99. The fourth-order valence-electron chi connectivity index (χ4n) is 1.39. The topological polar surface area (TPSA) is 74.1 Å². The Morgan fingerprint density at radius 2 is 2.12 bits per heavy atom. The summed E-state index contributed by atoms with van der Waals surface area (Å²) in [5.41, 5.74) is 0.204. The van der Waals surface area contributed by atoms with E-state index in [1.54, 1.807) is 0 Å². The van der Waals surface area contributed by atoms with Crippen LogP contribution in [0.2, 0.25) is 0 Å². The average Bonchev–Trinajstić information content (AvgIpc) is 2.28. The van der Waals surface area contributed by atoms with Crippen LogP contribution in [0, 0.1) is 17.2 Å². The van der Waals surface area contributed by atoms with Gasteiger partial charge in [-0.2, -0.15) is 5.26 Å². The van der Waals surface area contributed by atoms with Crippen LogP contribution in [0.25, 0.3) is 0 Å². The lowest BCUT2D eigenvalue weighted by Crippen LogP contribution is -2.30. The number of aromatic nitrogens is 1. The molecule has 0 aliphatic rings. The van der Waals surface area contributed by atoms with Gasteiger partial charge in [-0.15, -0.1) is 0 Å². The van der Waals surface area contributed by atoms with Crippen LogP contribution in [-0.4, -0.2) is 31.3 Å². The second kappa shape index (κ2) is 5.25.